The van der Waals surface area contributed by atoms with Gasteiger partial charge >= 0.3 is 6.09 Å². The number of nitrogens with one attached hydrogen (secondary N) is 1. The van der Waals surface area contributed by atoms with E-state index in [1.165, 1.54) is 5.56 Å². The van der Waals surface area contributed by atoms with E-state index in [4.69, 9.17) is 17.0 Å². The summed E-state index contributed by atoms with van der Waals surface area (Å²) in [6.07, 6.45) is 0.561. The van der Waals surface area contributed by atoms with Crippen molar-refractivity contribution in [3.05, 3.63) is 21.4 Å². The molecule has 0 radical (unpaired) electrons. The molecule has 1 aromatic heterocycles. The molecule has 1 N–H and O–H groups in total. The van der Waals surface area contributed by atoms with Crippen molar-refractivity contribution in [3.63, 3.8) is 0 Å². The van der Waals surface area contributed by atoms with Crippen LogP contribution in [-0.4, -0.2) is 16.6 Å². The summed E-state index contributed by atoms with van der Waals surface area (Å²) in [5.41, 5.74) is 0.781. The van der Waals surface area contributed by atoms with Crippen molar-refractivity contribution in [2.75, 3.05) is 0 Å². The standard InChI is InChI=1S/C14H21NO2S2/c1-6-10-7-11(19-12(10)9(2)18)8-15-13(16)17-14(3,4)5/h7H,6,8H2,1-5H3,(H,15,16). The molecular formula is C14H21NO2S2. The third-order valence-corrected chi connectivity index (χ3v) is 4.00. The zero-order chi connectivity index (χ0) is 14.6. The van der Waals surface area contributed by atoms with Crippen LogP contribution >= 0.6 is 23.6 Å². The quantitative estimate of drug-likeness (QED) is 0.672. The Balaban J connectivity index is 2.64. The molecule has 1 amide bonds. The molecule has 3 nitrogen and oxygen atoms in total. The van der Waals surface area contributed by atoms with Crippen LogP contribution in [0.25, 0.3) is 0 Å². The molecule has 0 saturated carbocycles. The Morgan fingerprint density at radius 3 is 2.53 bits per heavy atom. The summed E-state index contributed by atoms with van der Waals surface area (Å²) in [4.78, 5) is 14.7. The van der Waals surface area contributed by atoms with E-state index in [1.807, 2.05) is 27.7 Å². The summed E-state index contributed by atoms with van der Waals surface area (Å²) >= 11 is 6.88. The third-order valence-electron chi connectivity index (χ3n) is 2.37. The Morgan fingerprint density at radius 1 is 1.47 bits per heavy atom. The number of carbonyl (C=O) groups excluding carboxylic acids is 1. The van der Waals surface area contributed by atoms with E-state index >= 15 is 0 Å². The van der Waals surface area contributed by atoms with Crippen LogP contribution in [0.2, 0.25) is 0 Å². The van der Waals surface area contributed by atoms with Crippen LogP contribution in [0.3, 0.4) is 0 Å². The van der Waals surface area contributed by atoms with Crippen LogP contribution in [0, 0.1) is 0 Å². The predicted molar refractivity (Wildman–Crippen MR) is 84.1 cm³/mol. The van der Waals surface area contributed by atoms with Crippen molar-refractivity contribution in [1.82, 2.24) is 5.32 Å². The Bertz CT molecular complexity index is 472. The smallest absolute Gasteiger partial charge is 0.407 e. The van der Waals surface area contributed by atoms with Gasteiger partial charge in [0.2, 0.25) is 0 Å². The minimum Gasteiger partial charge on any atom is -0.444 e. The number of rotatable bonds is 4. The normalized spacial score (nSPS) is 11.2. The maximum atomic E-state index is 11.6. The highest BCUT2D eigenvalue weighted by molar-refractivity contribution is 7.81. The molecule has 0 spiro atoms. The van der Waals surface area contributed by atoms with E-state index in [2.05, 4.69) is 18.3 Å². The maximum absolute atomic E-state index is 11.6. The van der Waals surface area contributed by atoms with Gasteiger partial charge in [-0.15, -0.1) is 11.3 Å². The molecule has 1 rings (SSSR count). The molecule has 1 aromatic rings. The average molecular weight is 299 g/mol. The summed E-state index contributed by atoms with van der Waals surface area (Å²) in [5, 5.41) is 2.77. The highest BCUT2D eigenvalue weighted by Crippen LogP contribution is 2.24. The molecule has 19 heavy (non-hydrogen) atoms. The van der Waals surface area contributed by atoms with Gasteiger partial charge in [0.25, 0.3) is 0 Å². The van der Waals surface area contributed by atoms with Gasteiger partial charge in [-0.2, -0.15) is 0 Å². The average Bonchev–Trinajstić information content (AvgIpc) is 2.67. The van der Waals surface area contributed by atoms with Gasteiger partial charge < -0.3 is 10.1 Å². The topological polar surface area (TPSA) is 38.3 Å². The van der Waals surface area contributed by atoms with E-state index in [0.29, 0.717) is 6.54 Å². The van der Waals surface area contributed by atoms with E-state index in [1.54, 1.807) is 11.3 Å². The summed E-state index contributed by atoms with van der Waals surface area (Å²) in [5.74, 6) is 0. The number of thiocarbonyl (C=S) groups is 1. The fourth-order valence-corrected chi connectivity index (χ4v) is 2.95. The van der Waals surface area contributed by atoms with Gasteiger partial charge in [0.15, 0.2) is 0 Å². The van der Waals surface area contributed by atoms with E-state index in [-0.39, 0.29) is 6.09 Å². The predicted octanol–water partition coefficient (Wildman–Crippen LogP) is 4.07. The summed E-state index contributed by atoms with van der Waals surface area (Å²) in [6.45, 7) is 10.1. The second-order valence-electron chi connectivity index (χ2n) is 5.33. The van der Waals surface area contributed by atoms with Crippen molar-refractivity contribution in [2.45, 2.75) is 53.2 Å². The number of thiophene rings is 1. The van der Waals surface area contributed by atoms with E-state index in [0.717, 1.165) is 21.0 Å². The van der Waals surface area contributed by atoms with Gasteiger partial charge in [0.05, 0.1) is 6.54 Å². The molecule has 1 heterocycles. The molecule has 0 fully saturated rings. The number of hydrogen-bond acceptors (Lipinski definition) is 4. The second kappa shape index (κ2) is 6.48. The molecule has 0 saturated heterocycles. The summed E-state index contributed by atoms with van der Waals surface area (Å²) < 4.78 is 5.20. The fraction of sp³-hybridized carbons (Fsp3) is 0.571. The largest absolute Gasteiger partial charge is 0.444 e. The monoisotopic (exact) mass is 299 g/mol. The third kappa shape index (κ3) is 5.28. The van der Waals surface area contributed by atoms with Gasteiger partial charge in [-0.05, 0) is 45.7 Å². The minimum absolute atomic E-state index is 0.389. The Morgan fingerprint density at radius 2 is 2.11 bits per heavy atom. The van der Waals surface area contributed by atoms with E-state index in [9.17, 15) is 4.79 Å². The lowest BCUT2D eigenvalue weighted by Gasteiger charge is -2.19. The zero-order valence-corrected chi connectivity index (χ0v) is 13.8. The molecule has 5 heteroatoms. The molecule has 0 aromatic carbocycles. The van der Waals surface area contributed by atoms with Crippen molar-refractivity contribution in [2.24, 2.45) is 0 Å². The molecule has 0 aliphatic heterocycles. The van der Waals surface area contributed by atoms with Crippen molar-refractivity contribution >= 4 is 34.5 Å². The van der Waals surface area contributed by atoms with Gasteiger partial charge in [-0.25, -0.2) is 4.79 Å². The Hall–Kier alpha value is -0.940. The first kappa shape index (κ1) is 16.1. The zero-order valence-electron chi connectivity index (χ0n) is 12.1. The fourth-order valence-electron chi connectivity index (χ4n) is 1.61. The second-order valence-corrected chi connectivity index (χ2v) is 7.08. The molecule has 106 valence electrons. The summed E-state index contributed by atoms with van der Waals surface area (Å²) in [7, 11) is 0. The number of aryl methyl sites for hydroxylation is 1. The number of ether oxygens (including phenoxy) is 1. The number of hydrogen-bond donors (Lipinski definition) is 1. The van der Waals surface area contributed by atoms with Crippen LogP contribution in [-0.2, 0) is 17.7 Å². The van der Waals surface area contributed by atoms with Crippen molar-refractivity contribution in [3.8, 4) is 0 Å². The van der Waals surface area contributed by atoms with Gasteiger partial charge in [0, 0.05) is 14.6 Å². The SMILES string of the molecule is CCc1cc(CNC(=O)OC(C)(C)C)sc1C(C)=S. The lowest BCUT2D eigenvalue weighted by molar-refractivity contribution is 0.0524. The number of amides is 1. The van der Waals surface area contributed by atoms with E-state index < -0.39 is 5.60 Å². The number of alkyl carbamates (subject to hydrolysis) is 1. The first-order valence-electron chi connectivity index (χ1n) is 6.32. The number of carbonyl (C=O) groups is 1. The lowest BCUT2D eigenvalue weighted by atomic mass is 10.1. The molecule has 0 aliphatic rings. The van der Waals surface area contributed by atoms with Crippen LogP contribution in [0.1, 0.15) is 49.9 Å². The molecule has 0 aliphatic carbocycles. The van der Waals surface area contributed by atoms with Crippen LogP contribution in [0.15, 0.2) is 6.07 Å². The molecule has 0 atom stereocenters. The van der Waals surface area contributed by atoms with Crippen LogP contribution < -0.4 is 5.32 Å². The molecular weight excluding hydrogens is 278 g/mol. The maximum Gasteiger partial charge on any atom is 0.407 e. The van der Waals surface area contributed by atoms with Gasteiger partial charge in [0.1, 0.15) is 5.60 Å². The highest BCUT2D eigenvalue weighted by Gasteiger charge is 2.16. The first-order chi connectivity index (χ1) is 8.73. The molecule has 0 bridgehead atoms. The highest BCUT2D eigenvalue weighted by atomic mass is 32.1. The first-order valence-corrected chi connectivity index (χ1v) is 7.54. The Kier molecular flexibility index (Phi) is 5.50. The lowest BCUT2D eigenvalue weighted by Crippen LogP contribution is -2.31. The summed E-state index contributed by atoms with van der Waals surface area (Å²) in [6, 6.07) is 2.10. The van der Waals surface area contributed by atoms with Crippen molar-refractivity contribution in [1.29, 1.82) is 0 Å². The minimum atomic E-state index is -0.468. The van der Waals surface area contributed by atoms with Crippen LogP contribution in [0.5, 0.6) is 0 Å². The van der Waals surface area contributed by atoms with Crippen molar-refractivity contribution < 1.29 is 9.53 Å². The van der Waals surface area contributed by atoms with Gasteiger partial charge in [-0.3, -0.25) is 0 Å². The molecule has 0 unspecified atom stereocenters. The Labute approximate surface area is 124 Å². The van der Waals surface area contributed by atoms with Gasteiger partial charge in [-0.1, -0.05) is 19.1 Å². The van der Waals surface area contributed by atoms with Crippen LogP contribution in [0.4, 0.5) is 4.79 Å².